The average Bonchev–Trinajstić information content (AvgIpc) is 3.48. The van der Waals surface area contributed by atoms with E-state index in [9.17, 15) is 14.7 Å². The van der Waals surface area contributed by atoms with Gasteiger partial charge in [-0.1, -0.05) is 13.3 Å². The molecule has 1 aromatic rings. The second-order valence-electron chi connectivity index (χ2n) is 10.1. The molecule has 9 nitrogen and oxygen atoms in total. The lowest BCUT2D eigenvalue weighted by Gasteiger charge is -2.33. The number of methoxy groups -OCH3 is 1. The first-order chi connectivity index (χ1) is 16.8. The van der Waals surface area contributed by atoms with Crippen LogP contribution in [-0.2, 0) is 25.5 Å². The smallest absolute Gasteiger partial charge is 0.339 e. The quantitative estimate of drug-likeness (QED) is 0.585. The number of benzene rings is 1. The van der Waals surface area contributed by atoms with Crippen molar-refractivity contribution in [2.24, 2.45) is 0 Å². The lowest BCUT2D eigenvalue weighted by molar-refractivity contribution is -0.176. The Balaban J connectivity index is 1.53. The van der Waals surface area contributed by atoms with Crippen molar-refractivity contribution in [1.82, 2.24) is 9.80 Å². The van der Waals surface area contributed by atoms with Gasteiger partial charge in [0.1, 0.15) is 5.76 Å². The van der Waals surface area contributed by atoms with E-state index < -0.39 is 17.7 Å². The molecule has 1 fully saturated rings. The molecule has 3 heterocycles. The van der Waals surface area contributed by atoms with Gasteiger partial charge in [0.05, 0.1) is 13.5 Å². The molecule has 9 heteroatoms. The zero-order chi connectivity index (χ0) is 24.9. The fourth-order valence-electron chi connectivity index (χ4n) is 6.05. The number of ether oxygens (including phenoxy) is 4. The molecule has 4 atom stereocenters. The molecule has 0 aromatic heterocycles. The molecule has 4 aliphatic rings. The third kappa shape index (κ3) is 3.94. The predicted octanol–water partition coefficient (Wildman–Crippen LogP) is 1.96. The number of hydrogen-bond donors (Lipinski definition) is 1. The summed E-state index contributed by atoms with van der Waals surface area (Å²) in [5.74, 6) is 0.759. The molecule has 1 aliphatic carbocycles. The van der Waals surface area contributed by atoms with Crippen molar-refractivity contribution in [3.05, 3.63) is 34.6 Å². The van der Waals surface area contributed by atoms with Crippen LogP contribution in [0.25, 0.3) is 0 Å². The van der Waals surface area contributed by atoms with E-state index >= 15 is 0 Å². The summed E-state index contributed by atoms with van der Waals surface area (Å²) in [5.41, 5.74) is 1.43. The van der Waals surface area contributed by atoms with Gasteiger partial charge in [0, 0.05) is 39.1 Å². The van der Waals surface area contributed by atoms with Crippen LogP contribution in [0.3, 0.4) is 0 Å². The molecular weight excluding hydrogens is 452 g/mol. The zero-order valence-corrected chi connectivity index (χ0v) is 20.8. The van der Waals surface area contributed by atoms with Gasteiger partial charge in [0.25, 0.3) is 0 Å². The van der Waals surface area contributed by atoms with Crippen LogP contribution >= 0.6 is 0 Å². The molecule has 3 aliphatic heterocycles. The lowest BCUT2D eigenvalue weighted by atomic mass is 9.86. The Kier molecular flexibility index (Phi) is 6.17. The molecule has 35 heavy (non-hydrogen) atoms. The maximum absolute atomic E-state index is 13.5. The maximum Gasteiger partial charge on any atom is 0.339 e. The highest BCUT2D eigenvalue weighted by atomic mass is 16.7. The summed E-state index contributed by atoms with van der Waals surface area (Å²) in [6.07, 6.45) is 1.33. The summed E-state index contributed by atoms with van der Waals surface area (Å²) in [4.78, 5) is 29.8. The molecular formula is C26H34N2O7. The number of carbonyl (C=O) groups excluding carboxylic acids is 2. The number of hydrogen-bond acceptors (Lipinski definition) is 8. The van der Waals surface area contributed by atoms with Crippen LogP contribution in [-0.4, -0.2) is 85.6 Å². The number of rotatable bonds is 7. The van der Waals surface area contributed by atoms with Crippen molar-refractivity contribution in [3.8, 4) is 11.5 Å². The third-order valence-corrected chi connectivity index (χ3v) is 7.76. The largest absolute Gasteiger partial charge is 0.497 e. The Labute approximate surface area is 205 Å². The predicted molar refractivity (Wildman–Crippen MR) is 126 cm³/mol. The minimum absolute atomic E-state index is 0.0482. The van der Waals surface area contributed by atoms with E-state index in [1.165, 1.54) is 4.90 Å². The summed E-state index contributed by atoms with van der Waals surface area (Å²) in [6, 6.07) is 4.09. The van der Waals surface area contributed by atoms with E-state index in [2.05, 4.69) is 4.90 Å². The monoisotopic (exact) mass is 486 g/mol. The van der Waals surface area contributed by atoms with Crippen molar-refractivity contribution in [2.75, 3.05) is 41.1 Å². The standard InChI is InChI=1S/C26H34N2O7/c1-5-8-26(31,13-20(29)27(2)3)25(30)35-24-21-17-12-19-18(33-14-34-19)11-15(17)6-9-28-10-7-16(22(21)28)23(24)32-4/h11-12,21-22,24,31H,5-10,13-14H2,1-4H3/t21-,22-,24-,26+/m0/s1. The second kappa shape index (κ2) is 9.02. The van der Waals surface area contributed by atoms with Gasteiger partial charge in [0.15, 0.2) is 23.2 Å². The van der Waals surface area contributed by atoms with Crippen LogP contribution in [0.1, 0.15) is 49.7 Å². The van der Waals surface area contributed by atoms with Crippen molar-refractivity contribution < 1.29 is 33.6 Å². The van der Waals surface area contributed by atoms with Gasteiger partial charge in [-0.05, 0) is 48.1 Å². The Morgan fingerprint density at radius 1 is 1.20 bits per heavy atom. The van der Waals surface area contributed by atoms with E-state index in [-0.39, 0.29) is 37.5 Å². The Bertz CT molecular complexity index is 1070. The normalized spacial score (nSPS) is 26.0. The molecule has 1 N–H and O–H groups in total. The van der Waals surface area contributed by atoms with Gasteiger partial charge >= 0.3 is 5.97 Å². The molecule has 0 saturated carbocycles. The highest BCUT2D eigenvalue weighted by molar-refractivity contribution is 5.88. The molecule has 1 aromatic carbocycles. The summed E-state index contributed by atoms with van der Waals surface area (Å²) in [7, 11) is 4.81. The first-order valence-electron chi connectivity index (χ1n) is 12.3. The minimum Gasteiger partial charge on any atom is -0.497 e. The summed E-state index contributed by atoms with van der Waals surface area (Å²) < 4.78 is 23.3. The zero-order valence-electron chi connectivity index (χ0n) is 20.8. The van der Waals surface area contributed by atoms with Gasteiger partial charge in [-0.15, -0.1) is 0 Å². The maximum atomic E-state index is 13.5. The van der Waals surface area contributed by atoms with Crippen LogP contribution in [0.2, 0.25) is 0 Å². The number of fused-ring (bicyclic) bond motifs is 3. The third-order valence-electron chi connectivity index (χ3n) is 7.76. The van der Waals surface area contributed by atoms with Gasteiger partial charge in [-0.3, -0.25) is 9.69 Å². The van der Waals surface area contributed by atoms with Crippen LogP contribution < -0.4 is 9.47 Å². The number of carbonyl (C=O) groups is 2. The van der Waals surface area contributed by atoms with Crippen LogP contribution in [0.5, 0.6) is 11.5 Å². The van der Waals surface area contributed by atoms with Gasteiger partial charge in [-0.25, -0.2) is 4.79 Å². The van der Waals surface area contributed by atoms with E-state index in [1.807, 2.05) is 19.1 Å². The summed E-state index contributed by atoms with van der Waals surface area (Å²) >= 11 is 0. The van der Waals surface area contributed by atoms with E-state index in [0.29, 0.717) is 17.9 Å². The fourth-order valence-corrected chi connectivity index (χ4v) is 6.05. The molecule has 1 amide bonds. The molecule has 0 bridgehead atoms. The highest BCUT2D eigenvalue weighted by Crippen LogP contribution is 2.52. The first kappa shape index (κ1) is 23.9. The Morgan fingerprint density at radius 3 is 2.60 bits per heavy atom. The lowest BCUT2D eigenvalue weighted by Crippen LogP contribution is -2.47. The van der Waals surface area contributed by atoms with Crippen LogP contribution in [0.4, 0.5) is 0 Å². The van der Waals surface area contributed by atoms with Gasteiger partial charge in [0.2, 0.25) is 12.7 Å². The number of amides is 1. The Morgan fingerprint density at radius 2 is 1.91 bits per heavy atom. The molecule has 0 spiro atoms. The highest BCUT2D eigenvalue weighted by Gasteiger charge is 2.54. The molecule has 190 valence electrons. The molecule has 0 unspecified atom stereocenters. The number of nitrogens with zero attached hydrogens (tertiary/aromatic N) is 2. The SMILES string of the molecule is CCC[C@@](O)(CC(=O)N(C)C)C(=O)O[C@@H]1C(OC)=C2CCN3CCc4cc5c(cc4[C@H]1[C@H]23)OCO5. The fraction of sp³-hybridized carbons (Fsp3) is 0.615. The second-order valence-corrected chi connectivity index (χ2v) is 10.1. The number of aliphatic hydroxyl groups is 1. The summed E-state index contributed by atoms with van der Waals surface area (Å²) in [5, 5.41) is 11.3. The van der Waals surface area contributed by atoms with Crippen molar-refractivity contribution in [3.63, 3.8) is 0 Å². The van der Waals surface area contributed by atoms with Crippen LogP contribution in [0, 0.1) is 0 Å². The minimum atomic E-state index is -1.90. The van der Waals surface area contributed by atoms with Gasteiger partial charge < -0.3 is 29.0 Å². The van der Waals surface area contributed by atoms with Crippen molar-refractivity contribution in [1.29, 1.82) is 0 Å². The molecule has 0 radical (unpaired) electrons. The van der Waals surface area contributed by atoms with E-state index in [1.54, 1.807) is 21.2 Å². The van der Waals surface area contributed by atoms with Crippen molar-refractivity contribution in [2.45, 2.75) is 62.7 Å². The molecule has 1 saturated heterocycles. The van der Waals surface area contributed by atoms with Crippen LogP contribution in [0.15, 0.2) is 23.5 Å². The van der Waals surface area contributed by atoms with Crippen molar-refractivity contribution >= 4 is 11.9 Å². The topological polar surface area (TPSA) is 97.8 Å². The van der Waals surface area contributed by atoms with Gasteiger partial charge in [-0.2, -0.15) is 0 Å². The average molecular weight is 487 g/mol. The molecule has 5 rings (SSSR count). The Hall–Kier alpha value is -2.78. The summed E-state index contributed by atoms with van der Waals surface area (Å²) in [6.45, 7) is 3.85. The number of esters is 1. The van der Waals surface area contributed by atoms with E-state index in [4.69, 9.17) is 18.9 Å². The first-order valence-corrected chi connectivity index (χ1v) is 12.3. The van der Waals surface area contributed by atoms with E-state index in [0.717, 1.165) is 48.4 Å².